The zero-order chi connectivity index (χ0) is 20.1. The summed E-state index contributed by atoms with van der Waals surface area (Å²) in [7, 11) is -3.94. The molecule has 0 radical (unpaired) electrons. The van der Waals surface area contributed by atoms with Gasteiger partial charge in [0.15, 0.2) is 0 Å². The summed E-state index contributed by atoms with van der Waals surface area (Å²) in [4.78, 5) is 12.2. The van der Waals surface area contributed by atoms with E-state index in [1.54, 1.807) is 24.3 Å². The van der Waals surface area contributed by atoms with Crippen LogP contribution >= 0.6 is 11.6 Å². The molecule has 3 aromatic rings. The lowest BCUT2D eigenvalue weighted by Crippen LogP contribution is -2.24. The number of nitrogens with one attached hydrogen (secondary N) is 2. The zero-order valence-electron chi connectivity index (χ0n) is 14.5. The van der Waals surface area contributed by atoms with Crippen LogP contribution in [-0.2, 0) is 16.6 Å². The number of hydrogen-bond acceptors (Lipinski definition) is 3. The zero-order valence-corrected chi connectivity index (χ0v) is 16.1. The van der Waals surface area contributed by atoms with Crippen molar-refractivity contribution in [3.63, 3.8) is 0 Å². The molecule has 0 heterocycles. The van der Waals surface area contributed by atoms with Crippen molar-refractivity contribution >= 4 is 33.2 Å². The molecule has 0 aromatic heterocycles. The highest BCUT2D eigenvalue weighted by atomic mass is 35.5. The van der Waals surface area contributed by atoms with Crippen molar-refractivity contribution in [1.82, 2.24) is 4.72 Å². The van der Waals surface area contributed by atoms with E-state index in [9.17, 15) is 17.6 Å². The van der Waals surface area contributed by atoms with Crippen LogP contribution < -0.4 is 10.0 Å². The van der Waals surface area contributed by atoms with Crippen LogP contribution in [-0.4, -0.2) is 14.3 Å². The predicted molar refractivity (Wildman–Crippen MR) is 106 cm³/mol. The molecule has 5 nitrogen and oxygen atoms in total. The molecule has 0 aliphatic rings. The molecule has 0 spiro atoms. The Morgan fingerprint density at radius 1 is 0.964 bits per heavy atom. The van der Waals surface area contributed by atoms with E-state index in [2.05, 4.69) is 10.0 Å². The van der Waals surface area contributed by atoms with Crippen LogP contribution in [0.15, 0.2) is 77.7 Å². The fraction of sp³-hybridized carbons (Fsp3) is 0.0500. The maximum Gasteiger partial charge on any atom is 0.255 e. The summed E-state index contributed by atoms with van der Waals surface area (Å²) in [5, 5.41) is 2.58. The second-order valence-electron chi connectivity index (χ2n) is 5.92. The minimum Gasteiger partial charge on any atom is -0.322 e. The van der Waals surface area contributed by atoms with Gasteiger partial charge in [0.1, 0.15) is 10.7 Å². The van der Waals surface area contributed by atoms with Gasteiger partial charge in [0.2, 0.25) is 10.0 Å². The number of benzene rings is 3. The third-order valence-corrected chi connectivity index (χ3v) is 5.78. The lowest BCUT2D eigenvalue weighted by atomic mass is 10.2. The van der Waals surface area contributed by atoms with E-state index in [0.29, 0.717) is 5.69 Å². The topological polar surface area (TPSA) is 75.3 Å². The number of hydrogen-bond donors (Lipinski definition) is 2. The van der Waals surface area contributed by atoms with Gasteiger partial charge in [-0.2, -0.15) is 0 Å². The van der Waals surface area contributed by atoms with Gasteiger partial charge >= 0.3 is 0 Å². The highest BCUT2D eigenvalue weighted by Gasteiger charge is 2.20. The fourth-order valence-electron chi connectivity index (χ4n) is 2.44. The Balaban J connectivity index is 1.79. The van der Waals surface area contributed by atoms with Crippen molar-refractivity contribution in [3.05, 3.63) is 94.8 Å². The Bertz CT molecular complexity index is 1090. The van der Waals surface area contributed by atoms with E-state index in [4.69, 9.17) is 11.6 Å². The molecular formula is C20H16ClFN2O3S. The van der Waals surface area contributed by atoms with Gasteiger partial charge in [0.05, 0.1) is 5.02 Å². The second-order valence-corrected chi connectivity index (χ2v) is 8.06. The first-order chi connectivity index (χ1) is 13.3. The van der Waals surface area contributed by atoms with Gasteiger partial charge in [-0.3, -0.25) is 4.79 Å². The lowest BCUT2D eigenvalue weighted by Gasteiger charge is -2.11. The highest BCUT2D eigenvalue weighted by Crippen LogP contribution is 2.23. The Hall–Kier alpha value is -2.74. The van der Waals surface area contributed by atoms with Gasteiger partial charge in [-0.1, -0.05) is 41.9 Å². The number of sulfonamides is 1. The Kier molecular flexibility index (Phi) is 6.08. The maximum atomic E-state index is 13.0. The molecular weight excluding hydrogens is 403 g/mol. The SMILES string of the molecule is O=C(Nc1ccc(F)cc1)c1ccc(Cl)c(S(=O)(=O)NCc2ccccc2)c1. The molecule has 1 amide bonds. The molecule has 0 aliphatic carbocycles. The Labute approximate surface area is 167 Å². The average molecular weight is 419 g/mol. The van der Waals surface area contributed by atoms with Gasteiger partial charge in [0, 0.05) is 17.8 Å². The van der Waals surface area contributed by atoms with Crippen LogP contribution in [0.2, 0.25) is 5.02 Å². The minimum absolute atomic E-state index is 0.00102. The van der Waals surface area contributed by atoms with E-state index >= 15 is 0 Å². The van der Waals surface area contributed by atoms with Gasteiger partial charge in [-0.25, -0.2) is 17.5 Å². The summed E-state index contributed by atoms with van der Waals surface area (Å²) >= 11 is 6.05. The van der Waals surface area contributed by atoms with E-state index in [1.807, 2.05) is 6.07 Å². The average Bonchev–Trinajstić information content (AvgIpc) is 2.69. The third kappa shape index (κ3) is 4.95. The predicted octanol–water partition coefficient (Wildman–Crippen LogP) is 4.21. The summed E-state index contributed by atoms with van der Waals surface area (Å²) in [6.45, 7) is 0.0888. The molecule has 0 unspecified atom stereocenters. The summed E-state index contributed by atoms with van der Waals surface area (Å²) in [5.74, 6) is -0.967. The molecule has 0 saturated heterocycles. The first-order valence-electron chi connectivity index (χ1n) is 8.25. The van der Waals surface area contributed by atoms with Gasteiger partial charge in [0.25, 0.3) is 5.91 Å². The number of anilines is 1. The monoisotopic (exact) mass is 418 g/mol. The van der Waals surface area contributed by atoms with Crippen molar-refractivity contribution in [3.8, 4) is 0 Å². The summed E-state index contributed by atoms with van der Waals surface area (Å²) < 4.78 is 40.7. The van der Waals surface area contributed by atoms with Gasteiger partial charge in [-0.05, 0) is 48.0 Å². The summed E-state index contributed by atoms with van der Waals surface area (Å²) in [6.07, 6.45) is 0. The quantitative estimate of drug-likeness (QED) is 0.629. The van der Waals surface area contributed by atoms with Crippen molar-refractivity contribution in [2.45, 2.75) is 11.4 Å². The molecule has 2 N–H and O–H groups in total. The second kappa shape index (κ2) is 8.52. The van der Waals surface area contributed by atoms with Crippen molar-refractivity contribution in [2.75, 3.05) is 5.32 Å². The third-order valence-electron chi connectivity index (χ3n) is 3.89. The Morgan fingerprint density at radius 2 is 1.64 bits per heavy atom. The number of carbonyl (C=O) groups excluding carboxylic acids is 1. The van der Waals surface area contributed by atoms with Crippen LogP contribution in [0.25, 0.3) is 0 Å². The van der Waals surface area contributed by atoms with E-state index < -0.39 is 21.7 Å². The molecule has 0 aliphatic heterocycles. The van der Waals surface area contributed by atoms with Crippen LogP contribution in [0.4, 0.5) is 10.1 Å². The van der Waals surface area contributed by atoms with E-state index in [-0.39, 0.29) is 22.0 Å². The normalized spacial score (nSPS) is 11.2. The van der Waals surface area contributed by atoms with Crippen molar-refractivity contribution < 1.29 is 17.6 Å². The van der Waals surface area contributed by atoms with Crippen LogP contribution in [0, 0.1) is 5.82 Å². The van der Waals surface area contributed by atoms with Gasteiger partial charge < -0.3 is 5.32 Å². The minimum atomic E-state index is -3.94. The standard InChI is InChI=1S/C20H16ClFN2O3S/c21-18-11-6-15(20(25)24-17-9-7-16(22)8-10-17)12-19(18)28(26,27)23-13-14-4-2-1-3-5-14/h1-12,23H,13H2,(H,24,25). The van der Waals surface area contributed by atoms with Crippen LogP contribution in [0.5, 0.6) is 0 Å². The molecule has 8 heteroatoms. The molecule has 0 fully saturated rings. The maximum absolute atomic E-state index is 13.0. The van der Waals surface area contributed by atoms with Gasteiger partial charge in [-0.15, -0.1) is 0 Å². The number of carbonyl (C=O) groups is 1. The van der Waals surface area contributed by atoms with E-state index in [1.165, 1.54) is 42.5 Å². The first kappa shape index (κ1) is 20.0. The number of amides is 1. The number of halogens is 2. The molecule has 0 bridgehead atoms. The Morgan fingerprint density at radius 3 is 2.32 bits per heavy atom. The first-order valence-corrected chi connectivity index (χ1v) is 10.1. The van der Waals surface area contributed by atoms with E-state index in [0.717, 1.165) is 5.56 Å². The van der Waals surface area contributed by atoms with Crippen molar-refractivity contribution in [2.24, 2.45) is 0 Å². The number of rotatable bonds is 6. The summed E-state index contributed by atoms with van der Waals surface area (Å²) in [6, 6.07) is 18.2. The molecule has 3 rings (SSSR count). The molecule has 3 aromatic carbocycles. The smallest absolute Gasteiger partial charge is 0.255 e. The van der Waals surface area contributed by atoms with Crippen LogP contribution in [0.1, 0.15) is 15.9 Å². The molecule has 0 saturated carbocycles. The molecule has 144 valence electrons. The lowest BCUT2D eigenvalue weighted by molar-refractivity contribution is 0.102. The highest BCUT2D eigenvalue weighted by molar-refractivity contribution is 7.89. The van der Waals surface area contributed by atoms with Crippen LogP contribution in [0.3, 0.4) is 0 Å². The molecule has 28 heavy (non-hydrogen) atoms. The fourth-order valence-corrected chi connectivity index (χ4v) is 3.98. The largest absolute Gasteiger partial charge is 0.322 e. The molecule has 0 atom stereocenters. The van der Waals surface area contributed by atoms with Crippen molar-refractivity contribution in [1.29, 1.82) is 0 Å². The summed E-state index contributed by atoms with van der Waals surface area (Å²) in [5.41, 5.74) is 1.27.